The second-order valence-electron chi connectivity index (χ2n) is 10.9. The summed E-state index contributed by atoms with van der Waals surface area (Å²) in [6, 6.07) is 19.3. The third-order valence-corrected chi connectivity index (χ3v) is 8.33. The quantitative estimate of drug-likeness (QED) is 0.438. The van der Waals surface area contributed by atoms with Gasteiger partial charge in [-0.05, 0) is 81.5 Å². The van der Waals surface area contributed by atoms with Crippen molar-refractivity contribution in [3.8, 4) is 11.8 Å². The maximum atomic E-state index is 13.4. The molecule has 0 spiro atoms. The summed E-state index contributed by atoms with van der Waals surface area (Å²) in [7, 11) is 1.65. The summed E-state index contributed by atoms with van der Waals surface area (Å²) in [5, 5.41) is 12.5. The van der Waals surface area contributed by atoms with Crippen molar-refractivity contribution in [3.63, 3.8) is 0 Å². The van der Waals surface area contributed by atoms with E-state index in [0.717, 1.165) is 29.4 Å². The highest BCUT2D eigenvalue weighted by Crippen LogP contribution is 2.50. The fourth-order valence-corrected chi connectivity index (χ4v) is 5.71. The van der Waals surface area contributed by atoms with Crippen molar-refractivity contribution in [1.29, 1.82) is 5.26 Å². The van der Waals surface area contributed by atoms with Crippen LogP contribution in [0.25, 0.3) is 0 Å². The van der Waals surface area contributed by atoms with Gasteiger partial charge in [-0.2, -0.15) is 5.26 Å². The first-order chi connectivity index (χ1) is 16.9. The Morgan fingerprint density at radius 2 is 1.69 bits per heavy atom. The molecule has 0 unspecified atom stereocenters. The molecule has 3 aliphatic carbocycles. The number of ether oxygens (including phenoxy) is 2. The minimum absolute atomic E-state index is 0.116. The Bertz CT molecular complexity index is 1000. The van der Waals surface area contributed by atoms with E-state index >= 15 is 0 Å². The highest BCUT2D eigenvalue weighted by Gasteiger charge is 2.41. The zero-order valence-electron chi connectivity index (χ0n) is 21.3. The van der Waals surface area contributed by atoms with Gasteiger partial charge in [0.15, 0.2) is 0 Å². The first kappa shape index (κ1) is 25.3. The van der Waals surface area contributed by atoms with Gasteiger partial charge in [0.2, 0.25) is 5.91 Å². The smallest absolute Gasteiger partial charge is 0.229 e. The Kier molecular flexibility index (Phi) is 7.82. The molecule has 5 rings (SSSR count). The van der Waals surface area contributed by atoms with Crippen LogP contribution in [0.5, 0.6) is 5.75 Å². The second-order valence-corrected chi connectivity index (χ2v) is 10.9. The van der Waals surface area contributed by atoms with Crippen molar-refractivity contribution >= 4 is 5.91 Å². The first-order valence-corrected chi connectivity index (χ1v) is 12.9. The van der Waals surface area contributed by atoms with Gasteiger partial charge < -0.3 is 14.8 Å². The lowest BCUT2D eigenvalue weighted by atomic mass is 9.61. The SMILES string of the molecule is COC(C)(C)[C@H](NC(=O)[C@@H](CC#N)c1ccccc1)c1ccc(OCC23CCC(CC2)CC3)cc1. The van der Waals surface area contributed by atoms with E-state index in [1.807, 2.05) is 68.4 Å². The monoisotopic (exact) mass is 474 g/mol. The number of methoxy groups -OCH3 is 1. The summed E-state index contributed by atoms with van der Waals surface area (Å²) in [5.41, 5.74) is 1.49. The highest BCUT2D eigenvalue weighted by atomic mass is 16.5. The average Bonchev–Trinajstić information content (AvgIpc) is 2.91. The predicted octanol–water partition coefficient (Wildman–Crippen LogP) is 6.32. The standard InChI is InChI=1S/C30H38N2O3/c1-29(2,34-3)27(32-28(33)26(16-20-31)23-7-5-4-6-8-23)24-9-11-25(12-10-24)35-21-30-17-13-22(14-18-30)15-19-30/h4-12,22,26-27H,13-19,21H2,1-3H3,(H,32,33)/t22?,26-,27+,30?/m0/s1. The molecule has 1 N–H and O–H groups in total. The fraction of sp³-hybridized carbons (Fsp3) is 0.533. The number of carbonyl (C=O) groups is 1. The molecule has 5 heteroatoms. The van der Waals surface area contributed by atoms with Gasteiger partial charge in [0.05, 0.1) is 36.7 Å². The van der Waals surface area contributed by atoms with Crippen LogP contribution in [0.1, 0.15) is 81.9 Å². The summed E-state index contributed by atoms with van der Waals surface area (Å²) in [6.07, 6.45) is 8.04. The van der Waals surface area contributed by atoms with Gasteiger partial charge in [-0.25, -0.2) is 0 Å². The van der Waals surface area contributed by atoms with Crippen LogP contribution in [0.15, 0.2) is 54.6 Å². The molecule has 35 heavy (non-hydrogen) atoms. The zero-order chi connectivity index (χ0) is 24.9. The lowest BCUT2D eigenvalue weighted by molar-refractivity contribution is -0.125. The Labute approximate surface area is 209 Å². The summed E-state index contributed by atoms with van der Waals surface area (Å²) in [6.45, 7) is 4.71. The molecular formula is C30H38N2O3. The molecule has 0 saturated heterocycles. The number of carbonyl (C=O) groups excluding carboxylic acids is 1. The van der Waals surface area contributed by atoms with E-state index < -0.39 is 11.5 Å². The molecule has 3 saturated carbocycles. The molecule has 5 nitrogen and oxygen atoms in total. The van der Waals surface area contributed by atoms with E-state index in [0.29, 0.717) is 5.41 Å². The molecule has 2 atom stereocenters. The van der Waals surface area contributed by atoms with Crippen molar-refractivity contribution in [2.24, 2.45) is 11.3 Å². The number of nitrogens with zero attached hydrogens (tertiary/aromatic N) is 1. The number of benzene rings is 2. The molecule has 3 aliphatic rings. The lowest BCUT2D eigenvalue weighted by Gasteiger charge is -2.46. The molecule has 2 bridgehead atoms. The van der Waals surface area contributed by atoms with Crippen LogP contribution in [-0.2, 0) is 9.53 Å². The molecule has 2 aromatic carbocycles. The van der Waals surface area contributed by atoms with Crippen molar-refractivity contribution in [3.05, 3.63) is 65.7 Å². The van der Waals surface area contributed by atoms with Crippen molar-refractivity contribution in [2.45, 2.75) is 76.4 Å². The summed E-state index contributed by atoms with van der Waals surface area (Å²) in [4.78, 5) is 13.4. The van der Waals surface area contributed by atoms with Crippen molar-refractivity contribution in [2.75, 3.05) is 13.7 Å². The van der Waals surface area contributed by atoms with Gasteiger partial charge >= 0.3 is 0 Å². The molecule has 0 heterocycles. The van der Waals surface area contributed by atoms with Crippen LogP contribution in [0.3, 0.4) is 0 Å². The van der Waals surface area contributed by atoms with Gasteiger partial charge in [0.25, 0.3) is 0 Å². The topological polar surface area (TPSA) is 71.3 Å². The maximum Gasteiger partial charge on any atom is 0.229 e. The Hall–Kier alpha value is -2.84. The minimum atomic E-state index is -0.647. The van der Waals surface area contributed by atoms with E-state index in [9.17, 15) is 10.1 Å². The normalized spacial score (nSPS) is 23.2. The third kappa shape index (κ3) is 5.87. The number of amides is 1. The Balaban J connectivity index is 1.47. The predicted molar refractivity (Wildman–Crippen MR) is 137 cm³/mol. The second kappa shape index (κ2) is 10.8. The number of fused-ring (bicyclic) bond motifs is 3. The number of hydrogen-bond acceptors (Lipinski definition) is 4. The van der Waals surface area contributed by atoms with Gasteiger partial charge in [0, 0.05) is 12.5 Å². The summed E-state index contributed by atoms with van der Waals surface area (Å²) in [5.74, 6) is 1.09. The van der Waals surface area contributed by atoms with E-state index in [1.165, 1.54) is 38.5 Å². The zero-order valence-corrected chi connectivity index (χ0v) is 21.3. The van der Waals surface area contributed by atoms with E-state index in [-0.39, 0.29) is 18.4 Å². The van der Waals surface area contributed by atoms with Gasteiger partial charge in [-0.15, -0.1) is 0 Å². The van der Waals surface area contributed by atoms with Gasteiger partial charge in [0.1, 0.15) is 5.75 Å². The summed E-state index contributed by atoms with van der Waals surface area (Å²) >= 11 is 0. The molecule has 0 aliphatic heterocycles. The average molecular weight is 475 g/mol. The molecule has 1 amide bonds. The first-order valence-electron chi connectivity index (χ1n) is 12.9. The molecular weight excluding hydrogens is 436 g/mol. The fourth-order valence-electron chi connectivity index (χ4n) is 5.71. The summed E-state index contributed by atoms with van der Waals surface area (Å²) < 4.78 is 12.0. The number of rotatable bonds is 10. The Morgan fingerprint density at radius 1 is 1.06 bits per heavy atom. The van der Waals surface area contributed by atoms with Crippen LogP contribution in [0, 0.1) is 22.7 Å². The molecule has 0 radical (unpaired) electrons. The van der Waals surface area contributed by atoms with E-state index in [4.69, 9.17) is 9.47 Å². The lowest BCUT2D eigenvalue weighted by Crippen LogP contribution is -2.45. The van der Waals surface area contributed by atoms with Crippen LogP contribution < -0.4 is 10.1 Å². The third-order valence-electron chi connectivity index (χ3n) is 8.33. The van der Waals surface area contributed by atoms with Gasteiger partial charge in [-0.3, -0.25) is 4.79 Å². The minimum Gasteiger partial charge on any atom is -0.493 e. The number of nitriles is 1. The number of nitrogens with one attached hydrogen (secondary N) is 1. The van der Waals surface area contributed by atoms with Crippen LogP contribution in [0.2, 0.25) is 0 Å². The maximum absolute atomic E-state index is 13.4. The van der Waals surface area contributed by atoms with E-state index in [1.54, 1.807) is 7.11 Å². The molecule has 0 aromatic heterocycles. The van der Waals surface area contributed by atoms with Gasteiger partial charge in [-0.1, -0.05) is 42.5 Å². The highest BCUT2D eigenvalue weighted by molar-refractivity contribution is 5.84. The largest absolute Gasteiger partial charge is 0.493 e. The number of hydrogen-bond donors (Lipinski definition) is 1. The van der Waals surface area contributed by atoms with Crippen LogP contribution >= 0.6 is 0 Å². The van der Waals surface area contributed by atoms with Crippen LogP contribution in [-0.4, -0.2) is 25.2 Å². The van der Waals surface area contributed by atoms with E-state index in [2.05, 4.69) is 11.4 Å². The van der Waals surface area contributed by atoms with Crippen molar-refractivity contribution in [1.82, 2.24) is 5.32 Å². The van der Waals surface area contributed by atoms with Crippen LogP contribution in [0.4, 0.5) is 0 Å². The Morgan fingerprint density at radius 3 is 2.26 bits per heavy atom. The molecule has 2 aromatic rings. The molecule has 3 fully saturated rings. The molecule has 186 valence electrons. The van der Waals surface area contributed by atoms with Crippen molar-refractivity contribution < 1.29 is 14.3 Å².